The van der Waals surface area contributed by atoms with E-state index in [-0.39, 0.29) is 23.5 Å². The van der Waals surface area contributed by atoms with E-state index in [9.17, 15) is 18.8 Å². The Labute approximate surface area is 588 Å². The molecule has 15 heterocycles. The summed E-state index contributed by atoms with van der Waals surface area (Å²) >= 11 is 0. The molecule has 0 aliphatic carbocycles. The Morgan fingerprint density at radius 3 is 1.46 bits per heavy atom. The van der Waals surface area contributed by atoms with Crippen molar-refractivity contribution in [2.45, 2.75) is 33.5 Å². The molecule has 3 fully saturated rings. The number of anilines is 9. The Morgan fingerprint density at radius 1 is 0.451 bits per heavy atom. The Bertz CT molecular complexity index is 5040. The number of carbonyl (C=O) groups is 3. The molecule has 25 heteroatoms. The number of benzene rings is 3. The second kappa shape index (κ2) is 27.4. The van der Waals surface area contributed by atoms with Crippen LogP contribution in [0.15, 0.2) is 159 Å². The number of aromatic nitrogens is 9. The minimum Gasteiger partial charge on any atom is -0.368 e. The summed E-state index contributed by atoms with van der Waals surface area (Å²) in [7, 11) is 6.44. The highest BCUT2D eigenvalue weighted by molar-refractivity contribution is 6.08. The number of aryl methyl sites for hydroxylation is 2. The maximum absolute atomic E-state index is 13.6. The Kier molecular flexibility index (Phi) is 17.4. The van der Waals surface area contributed by atoms with Crippen LogP contribution in [0.3, 0.4) is 0 Å². The molecule has 7 N–H and O–H groups in total. The largest absolute Gasteiger partial charge is 0.368 e. The third-order valence-electron chi connectivity index (χ3n) is 20.2. The molecular weight excluding hydrogens is 1290 g/mol. The number of piperazine rings is 3. The smallest absolute Gasteiger partial charge is 0.254 e. The van der Waals surface area contributed by atoms with Crippen molar-refractivity contribution in [3.05, 3.63) is 209 Å². The van der Waals surface area contributed by atoms with Crippen LogP contribution in [-0.4, -0.2) is 176 Å². The predicted octanol–water partition coefficient (Wildman–Crippen LogP) is 10.4. The lowest BCUT2D eigenvalue weighted by atomic mass is 9.99. The summed E-state index contributed by atoms with van der Waals surface area (Å²) in [5.41, 5.74) is 20.4. The molecule has 516 valence electrons. The van der Waals surface area contributed by atoms with Gasteiger partial charge in [-0.25, -0.2) is 29.3 Å². The molecule has 6 aliphatic rings. The van der Waals surface area contributed by atoms with Gasteiger partial charge in [0.05, 0.1) is 105 Å². The Balaban J connectivity index is 0.000000118. The van der Waals surface area contributed by atoms with Crippen molar-refractivity contribution in [3.8, 4) is 33.8 Å². The van der Waals surface area contributed by atoms with Gasteiger partial charge in [0, 0.05) is 150 Å². The zero-order chi connectivity index (χ0) is 69.7. The van der Waals surface area contributed by atoms with Crippen molar-refractivity contribution in [1.82, 2.24) is 74.3 Å². The number of imidazole rings is 2. The van der Waals surface area contributed by atoms with Crippen molar-refractivity contribution >= 4 is 91.5 Å². The SMILES string of the molecule is CN1CCN(c2ccc(Nc3cnc(-c4c[nH]c5cc(F)ccc45)c4c3C(=O)NC4)nc2)CC1.Cc1ccc2ncc(-c3ccc(Nc4ccc(N5CCN(C)CC5)cn4)c4c3CNC4=O)n2c1.Cc1cccn2c(-c3ccc(Nc4ccc(N5CCN(C)CC5)cn4)c4c3CNC4=O)cnc12. The Morgan fingerprint density at radius 2 is 0.941 bits per heavy atom. The topological polar surface area (TPSA) is 245 Å². The molecule has 0 atom stereocenters. The van der Waals surface area contributed by atoms with Crippen LogP contribution < -0.4 is 46.6 Å². The summed E-state index contributed by atoms with van der Waals surface area (Å²) in [5, 5.41) is 19.8. The quantitative estimate of drug-likeness (QED) is 0.0601. The van der Waals surface area contributed by atoms with E-state index in [0.29, 0.717) is 59.0 Å². The first kappa shape index (κ1) is 64.8. The van der Waals surface area contributed by atoms with E-state index >= 15 is 0 Å². The van der Waals surface area contributed by atoms with Crippen LogP contribution in [0.4, 0.5) is 56.0 Å². The molecule has 3 amide bonds. The number of likely N-dealkylation sites (N-methyl/N-ethyl adjacent to an activating group) is 3. The van der Waals surface area contributed by atoms with Gasteiger partial charge in [-0.2, -0.15) is 0 Å². The molecule has 18 rings (SSSR count). The summed E-state index contributed by atoms with van der Waals surface area (Å²) in [6.07, 6.45) is 17.0. The molecule has 3 saturated heterocycles. The highest BCUT2D eigenvalue weighted by atomic mass is 19.1. The maximum atomic E-state index is 13.6. The molecule has 102 heavy (non-hydrogen) atoms. The van der Waals surface area contributed by atoms with E-state index in [4.69, 9.17) is 0 Å². The number of carbonyl (C=O) groups excluding carboxylic acids is 3. The van der Waals surface area contributed by atoms with Gasteiger partial charge < -0.3 is 66.3 Å². The molecule has 3 aromatic carbocycles. The van der Waals surface area contributed by atoms with Gasteiger partial charge in [-0.1, -0.05) is 24.3 Å². The van der Waals surface area contributed by atoms with Crippen molar-refractivity contribution in [2.24, 2.45) is 0 Å². The highest BCUT2D eigenvalue weighted by Crippen LogP contribution is 2.40. The molecule has 6 aliphatic heterocycles. The lowest BCUT2D eigenvalue weighted by molar-refractivity contribution is 0.0958. The number of aromatic amines is 1. The van der Waals surface area contributed by atoms with E-state index in [0.717, 1.165) is 191 Å². The highest BCUT2D eigenvalue weighted by Gasteiger charge is 2.32. The van der Waals surface area contributed by atoms with E-state index in [2.05, 4.69) is 183 Å². The van der Waals surface area contributed by atoms with Gasteiger partial charge >= 0.3 is 0 Å². The van der Waals surface area contributed by atoms with Crippen LogP contribution in [-0.2, 0) is 19.6 Å². The second-order valence-corrected chi connectivity index (χ2v) is 26.9. The fraction of sp³-hybridized carbons (Fsp3) is 0.260. The summed E-state index contributed by atoms with van der Waals surface area (Å²) < 4.78 is 17.8. The number of amides is 3. The number of halogens is 1. The first-order valence-corrected chi connectivity index (χ1v) is 34.5. The van der Waals surface area contributed by atoms with Crippen molar-refractivity contribution in [1.29, 1.82) is 0 Å². The molecule has 0 saturated carbocycles. The van der Waals surface area contributed by atoms with E-state index in [1.165, 1.54) is 12.1 Å². The average molecular weight is 1360 g/mol. The van der Waals surface area contributed by atoms with E-state index in [1.807, 2.05) is 85.7 Å². The van der Waals surface area contributed by atoms with Crippen molar-refractivity contribution in [2.75, 3.05) is 130 Å². The number of fused-ring (bicyclic) bond motifs is 6. The molecule has 9 aromatic heterocycles. The summed E-state index contributed by atoms with van der Waals surface area (Å²) in [4.78, 5) is 83.1. The predicted molar refractivity (Wildman–Crippen MR) is 397 cm³/mol. The van der Waals surface area contributed by atoms with Gasteiger partial charge in [-0.05, 0) is 136 Å². The van der Waals surface area contributed by atoms with Crippen molar-refractivity contribution < 1.29 is 18.8 Å². The van der Waals surface area contributed by atoms with Gasteiger partial charge in [0.15, 0.2) is 0 Å². The first-order chi connectivity index (χ1) is 49.7. The van der Waals surface area contributed by atoms with Crippen LogP contribution >= 0.6 is 0 Å². The molecule has 12 aromatic rings. The van der Waals surface area contributed by atoms with E-state index in [1.54, 1.807) is 18.5 Å². The standard InChI is InChI=1S/2C26H27N7O.C25H24FN7O/c1-17-3-8-24-28-15-22(33(24)16-17)19-5-6-21(25-20(19)14-29-26(25)34)30-23-7-4-18(13-27-23)32-11-9-31(2)10-12-32;1-17-4-3-9-33-22(16-28-25(17)33)19-6-7-21(24-20(19)15-29-26(24)34)30-23-8-5-18(14-27-23)32-12-10-31(2)11-13-32;1-32-6-8-33(9-7-32)16-3-5-22(28-11-16)31-21-14-29-24(19-13-30-25(34)23(19)21)18-12-27-20-10-15(26)2-4-17(18)20/h3-8,13,15-16H,9-12,14H2,1-2H3,(H,27,30)(H,29,34);3-9,14,16H,10-13,15H2,1-2H3,(H,27,30)(H,29,34);2-5,10-12,14,27H,6-9,13H2,1H3,(H,28,31)(H,30,34). The van der Waals surface area contributed by atoms with Gasteiger partial charge in [0.1, 0.15) is 34.6 Å². The summed E-state index contributed by atoms with van der Waals surface area (Å²) in [6.45, 7) is 17.7. The normalized spacial score (nSPS) is 16.1. The first-order valence-electron chi connectivity index (χ1n) is 34.5. The van der Waals surface area contributed by atoms with Crippen LogP contribution in [0.1, 0.15) is 58.9 Å². The number of hydrogen-bond acceptors (Lipinski definition) is 18. The zero-order valence-electron chi connectivity index (χ0n) is 57.5. The average Bonchev–Trinajstić information content (AvgIpc) is 1.60. The molecular formula is C77H78FN21O3. The number of pyridine rings is 6. The fourth-order valence-corrected chi connectivity index (χ4v) is 14.4. The number of H-pyrrole nitrogens is 1. The Hall–Kier alpha value is -11.8. The fourth-order valence-electron chi connectivity index (χ4n) is 14.4. The van der Waals surface area contributed by atoms with Crippen LogP contribution in [0.25, 0.3) is 56.0 Å². The monoisotopic (exact) mass is 1360 g/mol. The zero-order valence-corrected chi connectivity index (χ0v) is 57.5. The minimum absolute atomic E-state index is 0.0709. The number of rotatable bonds is 12. The lowest BCUT2D eigenvalue weighted by Crippen LogP contribution is -2.44. The minimum atomic E-state index is -0.304. The molecule has 0 unspecified atom stereocenters. The van der Waals surface area contributed by atoms with Crippen molar-refractivity contribution in [3.63, 3.8) is 0 Å². The van der Waals surface area contributed by atoms with Gasteiger partial charge in [0.2, 0.25) is 0 Å². The van der Waals surface area contributed by atoms with Gasteiger partial charge in [-0.3, -0.25) is 28.2 Å². The maximum Gasteiger partial charge on any atom is 0.254 e. The summed E-state index contributed by atoms with van der Waals surface area (Å²) in [6, 6.07) is 32.9. The second-order valence-electron chi connectivity index (χ2n) is 26.9. The van der Waals surface area contributed by atoms with Gasteiger partial charge in [0.25, 0.3) is 17.7 Å². The third kappa shape index (κ3) is 12.8. The summed E-state index contributed by atoms with van der Waals surface area (Å²) in [5.74, 6) is 1.49. The van der Waals surface area contributed by atoms with Gasteiger partial charge in [-0.15, -0.1) is 0 Å². The van der Waals surface area contributed by atoms with Crippen LogP contribution in [0.5, 0.6) is 0 Å². The van der Waals surface area contributed by atoms with E-state index < -0.39 is 0 Å². The lowest BCUT2D eigenvalue weighted by Gasteiger charge is -2.33. The van der Waals surface area contributed by atoms with Crippen LogP contribution in [0, 0.1) is 19.7 Å². The molecule has 0 bridgehead atoms. The third-order valence-corrected chi connectivity index (χ3v) is 20.2. The van der Waals surface area contributed by atoms with Crippen LogP contribution in [0.2, 0.25) is 0 Å². The number of hydrogen-bond donors (Lipinski definition) is 7. The molecule has 0 spiro atoms. The molecule has 0 radical (unpaired) electrons. The molecule has 24 nitrogen and oxygen atoms in total. The number of nitrogens with zero attached hydrogens (tertiary/aromatic N) is 14. The number of nitrogens with one attached hydrogen (secondary N) is 7.